The molecule has 190 valence electrons. The summed E-state index contributed by atoms with van der Waals surface area (Å²) < 4.78 is 47.1. The van der Waals surface area contributed by atoms with E-state index in [-0.39, 0.29) is 36.5 Å². The molecule has 2 aromatic rings. The summed E-state index contributed by atoms with van der Waals surface area (Å²) >= 11 is 0. The standard InChI is InChI=1S/C25H30F3N3O4/c1-16-13-31(14-17(2)35-16)23(32)21-6-4-19(5-7-21)12-29-24(33)30-18(3)20-8-10-22(11-9-20)34-15-25(26,27)28/h4-11,16-18H,12-15H2,1-3H3,(H2,29,30,33). The van der Waals surface area contributed by atoms with E-state index in [2.05, 4.69) is 15.4 Å². The lowest BCUT2D eigenvalue weighted by Crippen LogP contribution is -2.48. The zero-order valence-corrected chi connectivity index (χ0v) is 19.9. The van der Waals surface area contributed by atoms with Crippen molar-refractivity contribution in [1.82, 2.24) is 15.5 Å². The van der Waals surface area contributed by atoms with Crippen LogP contribution in [0.25, 0.3) is 0 Å². The second-order valence-corrected chi connectivity index (χ2v) is 8.69. The molecule has 1 saturated heterocycles. The molecule has 0 aromatic heterocycles. The molecule has 1 aliphatic heterocycles. The van der Waals surface area contributed by atoms with Crippen molar-refractivity contribution in [3.05, 3.63) is 65.2 Å². The number of morpholine rings is 1. The maximum atomic E-state index is 12.8. The van der Waals surface area contributed by atoms with Gasteiger partial charge in [0.1, 0.15) is 5.75 Å². The first kappa shape index (κ1) is 26.3. The quantitative estimate of drug-likeness (QED) is 0.598. The van der Waals surface area contributed by atoms with Crippen molar-refractivity contribution in [3.63, 3.8) is 0 Å². The van der Waals surface area contributed by atoms with Gasteiger partial charge in [0.05, 0.1) is 18.2 Å². The van der Waals surface area contributed by atoms with Crippen molar-refractivity contribution >= 4 is 11.9 Å². The molecule has 35 heavy (non-hydrogen) atoms. The zero-order chi connectivity index (χ0) is 25.6. The molecule has 3 unspecified atom stereocenters. The van der Waals surface area contributed by atoms with Crippen LogP contribution in [0.5, 0.6) is 5.75 Å². The Labute approximate surface area is 202 Å². The number of nitrogens with zero attached hydrogens (tertiary/aromatic N) is 1. The molecule has 2 N–H and O–H groups in total. The van der Waals surface area contributed by atoms with Gasteiger partial charge >= 0.3 is 12.2 Å². The van der Waals surface area contributed by atoms with Gasteiger partial charge < -0.3 is 25.0 Å². The molecule has 1 aliphatic rings. The minimum Gasteiger partial charge on any atom is -0.484 e. The van der Waals surface area contributed by atoms with Crippen LogP contribution >= 0.6 is 0 Å². The summed E-state index contributed by atoms with van der Waals surface area (Å²) in [7, 11) is 0. The molecule has 1 fully saturated rings. The molecule has 10 heteroatoms. The van der Waals surface area contributed by atoms with Crippen molar-refractivity contribution in [2.75, 3.05) is 19.7 Å². The first-order valence-corrected chi connectivity index (χ1v) is 11.4. The van der Waals surface area contributed by atoms with Crippen LogP contribution in [-0.4, -0.2) is 54.9 Å². The van der Waals surface area contributed by atoms with E-state index < -0.39 is 18.8 Å². The fourth-order valence-corrected chi connectivity index (χ4v) is 3.82. The number of hydrogen-bond acceptors (Lipinski definition) is 4. The second kappa shape index (κ2) is 11.4. The van der Waals surface area contributed by atoms with Gasteiger partial charge in [0, 0.05) is 25.2 Å². The largest absolute Gasteiger partial charge is 0.484 e. The predicted octanol–water partition coefficient (Wildman–Crippen LogP) is 4.44. The number of benzene rings is 2. The Bertz CT molecular complexity index is 987. The van der Waals surface area contributed by atoms with Crippen LogP contribution in [0, 0.1) is 0 Å². The summed E-state index contributed by atoms with van der Waals surface area (Å²) in [6.45, 7) is 5.66. The Balaban J connectivity index is 1.45. The number of rotatable bonds is 7. The van der Waals surface area contributed by atoms with E-state index in [0.29, 0.717) is 24.2 Å². The third-order valence-corrected chi connectivity index (χ3v) is 5.49. The summed E-state index contributed by atoms with van der Waals surface area (Å²) in [5.41, 5.74) is 2.13. The number of alkyl halides is 3. The molecular weight excluding hydrogens is 463 g/mol. The zero-order valence-electron chi connectivity index (χ0n) is 19.9. The molecule has 3 amide bonds. The highest BCUT2D eigenvalue weighted by Gasteiger charge is 2.28. The van der Waals surface area contributed by atoms with Gasteiger partial charge in [0.25, 0.3) is 5.91 Å². The van der Waals surface area contributed by atoms with E-state index in [1.807, 2.05) is 13.8 Å². The lowest BCUT2D eigenvalue weighted by atomic mass is 10.1. The topological polar surface area (TPSA) is 79.9 Å². The van der Waals surface area contributed by atoms with E-state index in [4.69, 9.17) is 4.74 Å². The van der Waals surface area contributed by atoms with Gasteiger partial charge in [-0.05, 0) is 56.2 Å². The van der Waals surface area contributed by atoms with Crippen LogP contribution in [0.3, 0.4) is 0 Å². The number of urea groups is 1. The first-order chi connectivity index (χ1) is 16.5. The van der Waals surface area contributed by atoms with Crippen molar-refractivity contribution in [3.8, 4) is 5.75 Å². The predicted molar refractivity (Wildman–Crippen MR) is 124 cm³/mol. The van der Waals surface area contributed by atoms with Crippen molar-refractivity contribution in [2.24, 2.45) is 0 Å². The monoisotopic (exact) mass is 493 g/mol. The van der Waals surface area contributed by atoms with E-state index in [9.17, 15) is 22.8 Å². The minimum absolute atomic E-state index is 0.00673. The Morgan fingerprint density at radius 3 is 2.23 bits per heavy atom. The van der Waals surface area contributed by atoms with Gasteiger partial charge in [0.15, 0.2) is 6.61 Å². The van der Waals surface area contributed by atoms with Gasteiger partial charge in [-0.25, -0.2) is 4.79 Å². The second-order valence-electron chi connectivity index (χ2n) is 8.69. The number of ether oxygens (including phenoxy) is 2. The van der Waals surface area contributed by atoms with Crippen LogP contribution in [0.2, 0.25) is 0 Å². The number of carbonyl (C=O) groups excluding carboxylic acids is 2. The van der Waals surface area contributed by atoms with Gasteiger partial charge in [-0.15, -0.1) is 0 Å². The average Bonchev–Trinajstić information content (AvgIpc) is 2.80. The molecule has 1 heterocycles. The molecule has 3 rings (SSSR count). The summed E-state index contributed by atoms with van der Waals surface area (Å²) in [6.07, 6.45) is -4.41. The van der Waals surface area contributed by atoms with Gasteiger partial charge in [-0.2, -0.15) is 13.2 Å². The number of hydrogen-bond donors (Lipinski definition) is 2. The molecule has 0 radical (unpaired) electrons. The highest BCUT2D eigenvalue weighted by molar-refractivity contribution is 5.94. The maximum absolute atomic E-state index is 12.8. The summed E-state index contributed by atoms with van der Waals surface area (Å²) in [5.74, 6) is 0.0511. The SMILES string of the molecule is CC1CN(C(=O)c2ccc(CNC(=O)NC(C)c3ccc(OCC(F)(F)F)cc3)cc2)CC(C)O1. The first-order valence-electron chi connectivity index (χ1n) is 11.4. The molecule has 0 aliphatic carbocycles. The minimum atomic E-state index is -4.40. The Morgan fingerprint density at radius 2 is 1.66 bits per heavy atom. The third kappa shape index (κ3) is 8.17. The van der Waals surface area contributed by atoms with Gasteiger partial charge in [-0.1, -0.05) is 24.3 Å². The fourth-order valence-electron chi connectivity index (χ4n) is 3.82. The van der Waals surface area contributed by atoms with Crippen LogP contribution in [0.4, 0.5) is 18.0 Å². The molecule has 0 saturated carbocycles. The van der Waals surface area contributed by atoms with Crippen LogP contribution in [0.15, 0.2) is 48.5 Å². The van der Waals surface area contributed by atoms with Crippen LogP contribution in [0.1, 0.15) is 48.3 Å². The van der Waals surface area contributed by atoms with Crippen LogP contribution in [-0.2, 0) is 11.3 Å². The van der Waals surface area contributed by atoms with Crippen molar-refractivity contribution in [2.45, 2.75) is 51.7 Å². The highest BCUT2D eigenvalue weighted by Crippen LogP contribution is 2.21. The Hall–Kier alpha value is -3.27. The van der Waals surface area contributed by atoms with Gasteiger partial charge in [-0.3, -0.25) is 4.79 Å². The Morgan fingerprint density at radius 1 is 1.06 bits per heavy atom. The molecule has 2 aromatic carbocycles. The van der Waals surface area contributed by atoms with Crippen molar-refractivity contribution < 1.29 is 32.2 Å². The van der Waals surface area contributed by atoms with E-state index >= 15 is 0 Å². The molecule has 3 atom stereocenters. The number of amides is 3. The third-order valence-electron chi connectivity index (χ3n) is 5.49. The van der Waals surface area contributed by atoms with E-state index in [1.54, 1.807) is 48.2 Å². The van der Waals surface area contributed by atoms with Crippen LogP contribution < -0.4 is 15.4 Å². The lowest BCUT2D eigenvalue weighted by Gasteiger charge is -2.35. The lowest BCUT2D eigenvalue weighted by molar-refractivity contribution is -0.153. The molecule has 0 bridgehead atoms. The van der Waals surface area contributed by atoms with E-state index in [1.165, 1.54) is 12.1 Å². The van der Waals surface area contributed by atoms with Crippen molar-refractivity contribution in [1.29, 1.82) is 0 Å². The molecular formula is C25H30F3N3O4. The number of halogens is 3. The normalized spacial score (nSPS) is 19.1. The fraction of sp³-hybridized carbons (Fsp3) is 0.440. The highest BCUT2D eigenvalue weighted by atomic mass is 19.4. The van der Waals surface area contributed by atoms with Gasteiger partial charge in [0.2, 0.25) is 0 Å². The summed E-state index contributed by atoms with van der Waals surface area (Å²) in [5, 5.41) is 5.54. The molecule has 0 spiro atoms. The number of nitrogens with one attached hydrogen (secondary N) is 2. The number of carbonyl (C=O) groups is 2. The average molecular weight is 494 g/mol. The Kier molecular flexibility index (Phi) is 8.61. The smallest absolute Gasteiger partial charge is 0.422 e. The maximum Gasteiger partial charge on any atom is 0.422 e. The van der Waals surface area contributed by atoms with E-state index in [0.717, 1.165) is 5.56 Å². The molecule has 7 nitrogen and oxygen atoms in total. The summed E-state index contributed by atoms with van der Waals surface area (Å²) in [4.78, 5) is 26.8. The summed E-state index contributed by atoms with van der Waals surface area (Å²) in [6, 6.07) is 12.4.